The number of carbonyl (C=O) groups is 1. The van der Waals surface area contributed by atoms with Crippen LogP contribution in [0.25, 0.3) is 5.69 Å². The molecule has 0 saturated heterocycles. The summed E-state index contributed by atoms with van der Waals surface area (Å²) in [4.78, 5) is 16.8. The van der Waals surface area contributed by atoms with Crippen molar-refractivity contribution in [2.45, 2.75) is 12.2 Å². The van der Waals surface area contributed by atoms with E-state index in [-0.39, 0.29) is 16.6 Å². The molecule has 2 aromatic heterocycles. The summed E-state index contributed by atoms with van der Waals surface area (Å²) in [6.07, 6.45) is -1.49. The van der Waals surface area contributed by atoms with E-state index in [2.05, 4.69) is 15.4 Å². The van der Waals surface area contributed by atoms with Crippen LogP contribution in [0.3, 0.4) is 0 Å². The zero-order valence-electron chi connectivity index (χ0n) is 17.5. The number of nitrogens with one attached hydrogen (secondary N) is 1. The average molecular weight is 487 g/mol. The molecular weight excluding hydrogens is 469 g/mol. The van der Waals surface area contributed by atoms with Crippen LogP contribution in [-0.2, 0) is 11.0 Å². The Morgan fingerprint density at radius 3 is 2.32 bits per heavy atom. The minimum atomic E-state index is -4.70. The van der Waals surface area contributed by atoms with E-state index in [1.54, 1.807) is 36.7 Å². The zero-order valence-corrected chi connectivity index (χ0v) is 18.3. The molecule has 0 aliphatic rings. The van der Waals surface area contributed by atoms with E-state index in [0.29, 0.717) is 0 Å². The van der Waals surface area contributed by atoms with E-state index >= 15 is 0 Å². The molecule has 34 heavy (non-hydrogen) atoms. The van der Waals surface area contributed by atoms with E-state index in [4.69, 9.17) is 16.3 Å². The number of benzene rings is 2. The molecule has 2 heterocycles. The predicted octanol–water partition coefficient (Wildman–Crippen LogP) is 5.22. The molecule has 0 spiro atoms. The van der Waals surface area contributed by atoms with Crippen LogP contribution in [0.2, 0.25) is 5.02 Å². The summed E-state index contributed by atoms with van der Waals surface area (Å²) >= 11 is 6.14. The first-order valence-corrected chi connectivity index (χ1v) is 10.5. The summed E-state index contributed by atoms with van der Waals surface area (Å²) in [5.41, 5.74) is 0.633. The minimum Gasteiger partial charge on any atom is -0.467 e. The SMILES string of the molecule is O=C(COc1cc(C(F)(F)F)nn1-c1ccccc1Cl)NC(c1ccccc1)c1ccncc1. The van der Waals surface area contributed by atoms with E-state index in [1.165, 1.54) is 12.1 Å². The first-order valence-electron chi connectivity index (χ1n) is 10.1. The normalized spacial score (nSPS) is 12.2. The number of hydrogen-bond acceptors (Lipinski definition) is 4. The van der Waals surface area contributed by atoms with Crippen LogP contribution in [0, 0.1) is 0 Å². The number of amides is 1. The van der Waals surface area contributed by atoms with Gasteiger partial charge in [0, 0.05) is 18.5 Å². The monoisotopic (exact) mass is 486 g/mol. The van der Waals surface area contributed by atoms with Gasteiger partial charge in [0.05, 0.1) is 16.8 Å². The summed E-state index contributed by atoms with van der Waals surface area (Å²) in [6.45, 7) is -0.540. The number of hydrogen-bond donors (Lipinski definition) is 1. The highest BCUT2D eigenvalue weighted by atomic mass is 35.5. The van der Waals surface area contributed by atoms with Gasteiger partial charge in [-0.2, -0.15) is 23.0 Å². The van der Waals surface area contributed by atoms with Crippen LogP contribution in [0.4, 0.5) is 13.2 Å². The number of carbonyl (C=O) groups excluding carboxylic acids is 1. The lowest BCUT2D eigenvalue weighted by Crippen LogP contribution is -2.33. The third-order valence-corrected chi connectivity index (χ3v) is 5.20. The molecule has 2 aromatic carbocycles. The number of halogens is 4. The number of para-hydroxylation sites is 1. The fourth-order valence-electron chi connectivity index (χ4n) is 3.30. The van der Waals surface area contributed by atoms with Gasteiger partial charge in [-0.1, -0.05) is 54.1 Å². The van der Waals surface area contributed by atoms with Gasteiger partial charge in [0.25, 0.3) is 5.91 Å². The van der Waals surface area contributed by atoms with Crippen LogP contribution < -0.4 is 10.1 Å². The Morgan fingerprint density at radius 1 is 1.00 bits per heavy atom. The summed E-state index contributed by atoms with van der Waals surface area (Å²) < 4.78 is 46.3. The Kier molecular flexibility index (Phi) is 6.83. The highest BCUT2D eigenvalue weighted by Gasteiger charge is 2.36. The van der Waals surface area contributed by atoms with Gasteiger partial charge in [0.1, 0.15) is 0 Å². The van der Waals surface area contributed by atoms with Gasteiger partial charge in [-0.05, 0) is 35.4 Å². The molecule has 174 valence electrons. The molecule has 0 bridgehead atoms. The maximum atomic E-state index is 13.3. The fraction of sp³-hybridized carbons (Fsp3) is 0.125. The van der Waals surface area contributed by atoms with Gasteiger partial charge in [0.15, 0.2) is 12.3 Å². The smallest absolute Gasteiger partial charge is 0.435 e. The molecule has 1 atom stereocenters. The molecule has 4 aromatic rings. The highest BCUT2D eigenvalue weighted by molar-refractivity contribution is 6.32. The molecule has 0 radical (unpaired) electrons. The number of ether oxygens (including phenoxy) is 1. The van der Waals surface area contributed by atoms with E-state index in [1.807, 2.05) is 30.3 Å². The van der Waals surface area contributed by atoms with Crippen LogP contribution in [-0.4, -0.2) is 27.3 Å². The topological polar surface area (TPSA) is 69.0 Å². The largest absolute Gasteiger partial charge is 0.467 e. The van der Waals surface area contributed by atoms with Gasteiger partial charge in [-0.25, -0.2) is 0 Å². The van der Waals surface area contributed by atoms with Gasteiger partial charge in [0.2, 0.25) is 5.88 Å². The maximum absolute atomic E-state index is 13.3. The summed E-state index contributed by atoms with van der Waals surface area (Å²) in [6, 6.07) is 19.3. The van der Waals surface area contributed by atoms with Gasteiger partial charge < -0.3 is 10.1 Å². The lowest BCUT2D eigenvalue weighted by Gasteiger charge is -2.20. The Hall–Kier alpha value is -3.85. The lowest BCUT2D eigenvalue weighted by atomic mass is 10.00. The van der Waals surface area contributed by atoms with Crippen LogP contribution in [0.1, 0.15) is 22.9 Å². The predicted molar refractivity (Wildman–Crippen MR) is 120 cm³/mol. The van der Waals surface area contributed by atoms with Gasteiger partial charge in [-0.3, -0.25) is 9.78 Å². The molecule has 0 saturated carbocycles. The first kappa shape index (κ1) is 23.3. The van der Waals surface area contributed by atoms with Crippen molar-refractivity contribution < 1.29 is 22.7 Å². The van der Waals surface area contributed by atoms with Crippen molar-refractivity contribution >= 4 is 17.5 Å². The molecule has 1 amide bonds. The number of alkyl halides is 3. The van der Waals surface area contributed by atoms with E-state index < -0.39 is 30.4 Å². The number of rotatable bonds is 7. The van der Waals surface area contributed by atoms with Crippen molar-refractivity contribution in [2.24, 2.45) is 0 Å². The molecule has 0 aliphatic carbocycles. The summed E-state index contributed by atoms with van der Waals surface area (Å²) in [5, 5.41) is 6.62. The van der Waals surface area contributed by atoms with Gasteiger partial charge >= 0.3 is 6.18 Å². The lowest BCUT2D eigenvalue weighted by molar-refractivity contribution is -0.141. The van der Waals surface area contributed by atoms with E-state index in [9.17, 15) is 18.0 Å². The standard InChI is InChI=1S/C24H18ClF3N4O2/c25-18-8-4-5-9-19(18)32-22(14-20(31-32)24(26,27)28)34-15-21(33)30-23(16-6-2-1-3-7-16)17-10-12-29-13-11-17/h1-14,23H,15H2,(H,30,33). The number of aromatic nitrogens is 3. The molecule has 10 heteroatoms. The average Bonchev–Trinajstić information content (AvgIpc) is 3.27. The van der Waals surface area contributed by atoms with Crippen LogP contribution >= 0.6 is 11.6 Å². The third-order valence-electron chi connectivity index (χ3n) is 4.88. The molecule has 1 N–H and O–H groups in total. The number of nitrogens with zero attached hydrogens (tertiary/aromatic N) is 3. The van der Waals surface area contributed by atoms with Gasteiger partial charge in [-0.15, -0.1) is 0 Å². The fourth-order valence-corrected chi connectivity index (χ4v) is 3.52. The van der Waals surface area contributed by atoms with Crippen molar-refractivity contribution in [3.05, 3.63) is 107 Å². The maximum Gasteiger partial charge on any atom is 0.435 e. The van der Waals surface area contributed by atoms with Crippen molar-refractivity contribution in [1.29, 1.82) is 0 Å². The van der Waals surface area contributed by atoms with Crippen LogP contribution in [0.5, 0.6) is 5.88 Å². The minimum absolute atomic E-state index is 0.176. The molecule has 0 aliphatic heterocycles. The third kappa shape index (κ3) is 5.37. The van der Waals surface area contributed by atoms with Crippen molar-refractivity contribution in [2.75, 3.05) is 6.61 Å². The molecule has 4 rings (SSSR count). The van der Waals surface area contributed by atoms with Crippen molar-refractivity contribution in [3.8, 4) is 11.6 Å². The first-order chi connectivity index (χ1) is 16.3. The summed E-state index contributed by atoms with van der Waals surface area (Å²) in [7, 11) is 0. The summed E-state index contributed by atoms with van der Waals surface area (Å²) in [5.74, 6) is -0.804. The molecule has 0 fully saturated rings. The van der Waals surface area contributed by atoms with Crippen LogP contribution in [0.15, 0.2) is 85.2 Å². The Bertz CT molecular complexity index is 1220. The molecular formula is C24H18ClF3N4O2. The highest BCUT2D eigenvalue weighted by Crippen LogP contribution is 2.33. The van der Waals surface area contributed by atoms with Crippen molar-refractivity contribution in [3.63, 3.8) is 0 Å². The quantitative estimate of drug-likeness (QED) is 0.388. The second-order valence-electron chi connectivity index (χ2n) is 7.21. The zero-order chi connectivity index (χ0) is 24.1. The number of pyridine rings is 1. The second kappa shape index (κ2) is 9.96. The van der Waals surface area contributed by atoms with Crippen molar-refractivity contribution in [1.82, 2.24) is 20.1 Å². The molecule has 6 nitrogen and oxygen atoms in total. The second-order valence-corrected chi connectivity index (χ2v) is 7.62. The Labute approximate surface area is 198 Å². The Morgan fingerprint density at radius 2 is 1.65 bits per heavy atom. The Balaban J connectivity index is 1.56. The molecule has 1 unspecified atom stereocenters. The van der Waals surface area contributed by atoms with E-state index in [0.717, 1.165) is 21.9 Å².